The Labute approximate surface area is 115 Å². The Hall–Kier alpha value is -2.89. The van der Waals surface area contributed by atoms with Gasteiger partial charge in [0.2, 0.25) is 0 Å². The smallest absolute Gasteiger partial charge is 0.259 e. The van der Waals surface area contributed by atoms with Crippen LogP contribution in [0, 0.1) is 6.92 Å². The molecule has 20 heavy (non-hydrogen) atoms. The number of rotatable bonds is 3. The van der Waals surface area contributed by atoms with Crippen LogP contribution in [0.4, 0.5) is 5.69 Å². The fraction of sp³-hybridized carbons (Fsp3) is 0.0714. The number of H-pyrrole nitrogens is 1. The van der Waals surface area contributed by atoms with Crippen LogP contribution in [0.1, 0.15) is 16.1 Å². The lowest BCUT2D eigenvalue weighted by Crippen LogP contribution is -2.14. The predicted octanol–water partition coefficient (Wildman–Crippen LogP) is 2.16. The molecule has 6 heteroatoms. The molecule has 0 spiro atoms. The summed E-state index contributed by atoms with van der Waals surface area (Å²) < 4.78 is 1.85. The molecule has 0 fully saturated rings. The summed E-state index contributed by atoms with van der Waals surface area (Å²) in [6.45, 7) is 1.81. The van der Waals surface area contributed by atoms with Gasteiger partial charge >= 0.3 is 0 Å². The number of aryl methyl sites for hydroxylation is 1. The highest BCUT2D eigenvalue weighted by atomic mass is 16.1. The fourth-order valence-electron chi connectivity index (χ4n) is 1.98. The van der Waals surface area contributed by atoms with Gasteiger partial charge in [0.15, 0.2) is 0 Å². The number of aromatic amines is 1. The van der Waals surface area contributed by atoms with Crippen molar-refractivity contribution in [3.05, 3.63) is 60.4 Å². The van der Waals surface area contributed by atoms with Crippen LogP contribution < -0.4 is 5.32 Å². The Balaban J connectivity index is 1.92. The molecule has 100 valence electrons. The van der Waals surface area contributed by atoms with Crippen molar-refractivity contribution in [3.8, 4) is 5.69 Å². The van der Waals surface area contributed by atoms with E-state index >= 15 is 0 Å². The van der Waals surface area contributed by atoms with Gasteiger partial charge in [0.05, 0.1) is 29.5 Å². The van der Waals surface area contributed by atoms with Gasteiger partial charge in [-0.2, -0.15) is 5.10 Å². The molecule has 2 N–H and O–H groups in total. The van der Waals surface area contributed by atoms with Crippen LogP contribution in [0.3, 0.4) is 0 Å². The zero-order valence-electron chi connectivity index (χ0n) is 10.9. The van der Waals surface area contributed by atoms with E-state index in [0.29, 0.717) is 5.56 Å². The Morgan fingerprint density at radius 2 is 2.20 bits per heavy atom. The molecule has 0 saturated heterocycles. The SMILES string of the molecule is Cc1[nH]ncc1C(=O)Nc1ccccc1-n1ccnc1. The van der Waals surface area contributed by atoms with Gasteiger partial charge in [-0.1, -0.05) is 12.1 Å². The lowest BCUT2D eigenvalue weighted by Gasteiger charge is -2.11. The van der Waals surface area contributed by atoms with Gasteiger partial charge in [0.1, 0.15) is 0 Å². The fourth-order valence-corrected chi connectivity index (χ4v) is 1.98. The molecule has 0 atom stereocenters. The van der Waals surface area contributed by atoms with E-state index in [2.05, 4.69) is 20.5 Å². The van der Waals surface area contributed by atoms with Gasteiger partial charge in [-0.3, -0.25) is 9.89 Å². The molecule has 0 aliphatic rings. The second kappa shape index (κ2) is 5.00. The Morgan fingerprint density at radius 3 is 2.90 bits per heavy atom. The number of hydrogen-bond acceptors (Lipinski definition) is 3. The van der Waals surface area contributed by atoms with Crippen LogP contribution in [0.5, 0.6) is 0 Å². The topological polar surface area (TPSA) is 75.6 Å². The van der Waals surface area contributed by atoms with Crippen molar-refractivity contribution in [2.75, 3.05) is 5.32 Å². The van der Waals surface area contributed by atoms with Gasteiger partial charge in [-0.05, 0) is 19.1 Å². The lowest BCUT2D eigenvalue weighted by atomic mass is 10.2. The maximum absolute atomic E-state index is 12.2. The van der Waals surface area contributed by atoms with Crippen LogP contribution in [-0.4, -0.2) is 25.7 Å². The summed E-state index contributed by atoms with van der Waals surface area (Å²) in [7, 11) is 0. The summed E-state index contributed by atoms with van der Waals surface area (Å²) in [5.41, 5.74) is 2.85. The first-order valence-corrected chi connectivity index (χ1v) is 6.14. The van der Waals surface area contributed by atoms with Crippen LogP contribution in [0.2, 0.25) is 0 Å². The zero-order valence-corrected chi connectivity index (χ0v) is 10.9. The van der Waals surface area contributed by atoms with Crippen molar-refractivity contribution in [3.63, 3.8) is 0 Å². The van der Waals surface area contributed by atoms with E-state index in [1.54, 1.807) is 12.5 Å². The molecular formula is C14H13N5O. The van der Waals surface area contributed by atoms with Gasteiger partial charge in [-0.15, -0.1) is 0 Å². The molecular weight excluding hydrogens is 254 g/mol. The number of para-hydroxylation sites is 2. The number of anilines is 1. The van der Waals surface area contributed by atoms with Crippen LogP contribution in [0.15, 0.2) is 49.2 Å². The number of nitrogens with one attached hydrogen (secondary N) is 2. The molecule has 3 rings (SSSR count). The third-order valence-electron chi connectivity index (χ3n) is 3.01. The highest BCUT2D eigenvalue weighted by Crippen LogP contribution is 2.20. The van der Waals surface area contributed by atoms with E-state index in [1.165, 1.54) is 6.20 Å². The molecule has 2 aromatic heterocycles. The average Bonchev–Trinajstić information content (AvgIpc) is 3.10. The predicted molar refractivity (Wildman–Crippen MR) is 74.8 cm³/mol. The van der Waals surface area contributed by atoms with Gasteiger partial charge in [-0.25, -0.2) is 4.98 Å². The number of carbonyl (C=O) groups excluding carboxylic acids is 1. The monoisotopic (exact) mass is 267 g/mol. The normalized spacial score (nSPS) is 10.4. The number of carbonyl (C=O) groups is 1. The van der Waals surface area contributed by atoms with Crippen molar-refractivity contribution < 1.29 is 4.79 Å². The zero-order chi connectivity index (χ0) is 13.9. The first-order chi connectivity index (χ1) is 9.75. The summed E-state index contributed by atoms with van der Waals surface area (Å²) in [6.07, 6.45) is 6.73. The number of hydrogen-bond donors (Lipinski definition) is 2. The number of amides is 1. The minimum absolute atomic E-state index is 0.191. The lowest BCUT2D eigenvalue weighted by molar-refractivity contribution is 0.102. The number of imidazole rings is 1. The standard InChI is InChI=1S/C14H13N5O/c1-10-11(8-16-18-10)14(20)17-12-4-2-3-5-13(12)19-7-6-15-9-19/h2-9H,1H3,(H,16,18)(H,17,20). The Morgan fingerprint density at radius 1 is 1.35 bits per heavy atom. The Bertz CT molecular complexity index is 730. The molecule has 0 saturated carbocycles. The van der Waals surface area contributed by atoms with Gasteiger partial charge in [0, 0.05) is 18.1 Å². The summed E-state index contributed by atoms with van der Waals surface area (Å²) in [4.78, 5) is 16.2. The first-order valence-electron chi connectivity index (χ1n) is 6.14. The van der Waals surface area contributed by atoms with Crippen LogP contribution >= 0.6 is 0 Å². The van der Waals surface area contributed by atoms with Gasteiger partial charge in [0.25, 0.3) is 5.91 Å². The van der Waals surface area contributed by atoms with Crippen molar-refractivity contribution >= 4 is 11.6 Å². The second-order valence-corrected chi connectivity index (χ2v) is 4.35. The van der Waals surface area contributed by atoms with E-state index < -0.39 is 0 Å². The molecule has 1 aromatic carbocycles. The minimum Gasteiger partial charge on any atom is -0.320 e. The second-order valence-electron chi connectivity index (χ2n) is 4.35. The molecule has 6 nitrogen and oxygen atoms in total. The number of aromatic nitrogens is 4. The van der Waals surface area contributed by atoms with Crippen LogP contribution in [0.25, 0.3) is 5.69 Å². The number of benzene rings is 1. The summed E-state index contributed by atoms with van der Waals surface area (Å²) in [5.74, 6) is -0.191. The number of nitrogens with zero attached hydrogens (tertiary/aromatic N) is 3. The molecule has 2 heterocycles. The third kappa shape index (κ3) is 2.18. The van der Waals surface area contributed by atoms with E-state index in [1.807, 2.05) is 42.0 Å². The Kier molecular flexibility index (Phi) is 3.04. The average molecular weight is 267 g/mol. The highest BCUT2D eigenvalue weighted by molar-refractivity contribution is 6.05. The molecule has 3 aromatic rings. The first kappa shape index (κ1) is 12.2. The van der Waals surface area contributed by atoms with Crippen molar-refractivity contribution in [2.24, 2.45) is 0 Å². The summed E-state index contributed by atoms with van der Waals surface area (Å²) in [6, 6.07) is 7.55. The van der Waals surface area contributed by atoms with Gasteiger partial charge < -0.3 is 9.88 Å². The summed E-state index contributed by atoms with van der Waals surface area (Å²) in [5, 5.41) is 9.50. The van der Waals surface area contributed by atoms with Crippen molar-refractivity contribution in [1.29, 1.82) is 0 Å². The van der Waals surface area contributed by atoms with E-state index in [-0.39, 0.29) is 5.91 Å². The third-order valence-corrected chi connectivity index (χ3v) is 3.01. The molecule has 1 amide bonds. The maximum Gasteiger partial charge on any atom is 0.259 e. The molecule has 0 radical (unpaired) electrons. The minimum atomic E-state index is -0.191. The van der Waals surface area contributed by atoms with Crippen LogP contribution in [-0.2, 0) is 0 Å². The molecule has 0 aliphatic heterocycles. The van der Waals surface area contributed by atoms with E-state index in [9.17, 15) is 4.79 Å². The molecule has 0 unspecified atom stereocenters. The quantitative estimate of drug-likeness (QED) is 0.763. The molecule has 0 bridgehead atoms. The van der Waals surface area contributed by atoms with Crippen molar-refractivity contribution in [1.82, 2.24) is 19.7 Å². The molecule has 0 aliphatic carbocycles. The summed E-state index contributed by atoms with van der Waals surface area (Å²) >= 11 is 0. The highest BCUT2D eigenvalue weighted by Gasteiger charge is 2.13. The largest absolute Gasteiger partial charge is 0.320 e. The van der Waals surface area contributed by atoms with E-state index in [4.69, 9.17) is 0 Å². The van der Waals surface area contributed by atoms with Crippen molar-refractivity contribution in [2.45, 2.75) is 6.92 Å². The van der Waals surface area contributed by atoms with E-state index in [0.717, 1.165) is 17.1 Å². The maximum atomic E-state index is 12.2.